The molecule has 0 aromatic heterocycles. The first-order chi connectivity index (χ1) is 7.85. The summed E-state index contributed by atoms with van der Waals surface area (Å²) in [5, 5.41) is 0. The molecule has 0 fully saturated rings. The summed E-state index contributed by atoms with van der Waals surface area (Å²) in [4.78, 5) is 10.7. The smallest absolute Gasteiger partial charge is 0.150 e. The van der Waals surface area contributed by atoms with Gasteiger partial charge in [0.05, 0.1) is 7.11 Å². The number of methoxy groups -OCH3 is 1. The van der Waals surface area contributed by atoms with Crippen LogP contribution in [0.1, 0.15) is 10.4 Å². The predicted octanol–water partition coefficient (Wildman–Crippen LogP) is 3.17. The van der Waals surface area contributed by atoms with Crippen molar-refractivity contribution < 1.29 is 9.53 Å². The second-order valence-electron chi connectivity index (χ2n) is 3.44. The molecular weight excluding hydrogens is 200 g/mol. The first kappa shape index (κ1) is 10.4. The van der Waals surface area contributed by atoms with Crippen LogP contribution in [-0.2, 0) is 0 Å². The van der Waals surface area contributed by atoms with Gasteiger partial charge in [0.2, 0.25) is 0 Å². The molecule has 0 aliphatic carbocycles. The van der Waals surface area contributed by atoms with E-state index >= 15 is 0 Å². The first-order valence-electron chi connectivity index (χ1n) is 5.04. The highest BCUT2D eigenvalue weighted by molar-refractivity contribution is 5.80. The Hall–Kier alpha value is -2.09. The minimum Gasteiger partial charge on any atom is -0.496 e. The Bertz CT molecular complexity index is 504. The van der Waals surface area contributed by atoms with E-state index in [2.05, 4.69) is 0 Å². The maximum atomic E-state index is 10.7. The molecule has 2 heteroatoms. The zero-order chi connectivity index (χ0) is 11.4. The molecule has 16 heavy (non-hydrogen) atoms. The quantitative estimate of drug-likeness (QED) is 0.730. The molecule has 0 spiro atoms. The lowest BCUT2D eigenvalue weighted by molar-refractivity contribution is 0.112. The standard InChI is InChI=1S/C14H12O2/c1-16-14-8-3-2-7-13(14)12-6-4-5-11(9-12)10-15/h2-10H,1H3. The molecule has 2 aromatic rings. The van der Waals surface area contributed by atoms with Crippen LogP contribution in [0.25, 0.3) is 11.1 Å². The molecule has 0 atom stereocenters. The van der Waals surface area contributed by atoms with Gasteiger partial charge in [0, 0.05) is 11.1 Å². The molecule has 0 aliphatic rings. The van der Waals surface area contributed by atoms with Crippen molar-refractivity contribution in [3.05, 3.63) is 54.1 Å². The van der Waals surface area contributed by atoms with Crippen molar-refractivity contribution in [1.29, 1.82) is 0 Å². The fraction of sp³-hybridized carbons (Fsp3) is 0.0714. The Balaban J connectivity index is 2.53. The molecule has 2 nitrogen and oxygen atoms in total. The van der Waals surface area contributed by atoms with Crippen LogP contribution in [-0.4, -0.2) is 13.4 Å². The van der Waals surface area contributed by atoms with Crippen molar-refractivity contribution >= 4 is 6.29 Å². The molecule has 80 valence electrons. The minimum absolute atomic E-state index is 0.670. The molecule has 0 saturated carbocycles. The lowest BCUT2D eigenvalue weighted by Gasteiger charge is -2.08. The number of aldehydes is 1. The van der Waals surface area contributed by atoms with Crippen LogP contribution in [0.3, 0.4) is 0 Å². The Labute approximate surface area is 94.5 Å². The van der Waals surface area contributed by atoms with Crippen LogP contribution in [0, 0.1) is 0 Å². The molecular formula is C14H12O2. The van der Waals surface area contributed by atoms with Gasteiger partial charge < -0.3 is 4.74 Å². The molecule has 2 rings (SSSR count). The van der Waals surface area contributed by atoms with E-state index in [1.165, 1.54) is 0 Å². The van der Waals surface area contributed by atoms with Crippen LogP contribution >= 0.6 is 0 Å². The van der Waals surface area contributed by atoms with Gasteiger partial charge in [-0.25, -0.2) is 0 Å². The Kier molecular flexibility index (Phi) is 3.01. The third kappa shape index (κ3) is 1.96. The normalized spacial score (nSPS) is 9.81. The summed E-state index contributed by atoms with van der Waals surface area (Å²) in [5.74, 6) is 0.811. The number of rotatable bonds is 3. The van der Waals surface area contributed by atoms with Gasteiger partial charge in [0.1, 0.15) is 12.0 Å². The van der Waals surface area contributed by atoms with Crippen LogP contribution in [0.4, 0.5) is 0 Å². The van der Waals surface area contributed by atoms with E-state index < -0.39 is 0 Å². The first-order valence-corrected chi connectivity index (χ1v) is 5.04. The topological polar surface area (TPSA) is 26.3 Å². The molecule has 0 aliphatic heterocycles. The van der Waals surface area contributed by atoms with E-state index in [1.807, 2.05) is 42.5 Å². The number of ether oxygens (including phenoxy) is 1. The lowest BCUT2D eigenvalue weighted by atomic mass is 10.0. The van der Waals surface area contributed by atoms with Gasteiger partial charge in [0.25, 0.3) is 0 Å². The Morgan fingerprint density at radius 1 is 1.06 bits per heavy atom. The van der Waals surface area contributed by atoms with Crippen molar-refractivity contribution in [1.82, 2.24) is 0 Å². The molecule has 0 amide bonds. The van der Waals surface area contributed by atoms with Crippen LogP contribution in [0.2, 0.25) is 0 Å². The van der Waals surface area contributed by atoms with Gasteiger partial charge in [-0.2, -0.15) is 0 Å². The van der Waals surface area contributed by atoms with E-state index in [0.29, 0.717) is 5.56 Å². The van der Waals surface area contributed by atoms with Crippen molar-refractivity contribution in [2.75, 3.05) is 7.11 Å². The number of carbonyl (C=O) groups excluding carboxylic acids is 1. The summed E-state index contributed by atoms with van der Waals surface area (Å²) in [7, 11) is 1.64. The fourth-order valence-electron chi connectivity index (χ4n) is 1.66. The molecule has 2 aromatic carbocycles. The van der Waals surface area contributed by atoms with E-state index in [-0.39, 0.29) is 0 Å². The summed E-state index contributed by atoms with van der Waals surface area (Å²) in [5.41, 5.74) is 2.65. The molecule has 0 saturated heterocycles. The number of carbonyl (C=O) groups is 1. The summed E-state index contributed by atoms with van der Waals surface area (Å²) in [6, 6.07) is 15.2. The summed E-state index contributed by atoms with van der Waals surface area (Å²) < 4.78 is 5.28. The highest BCUT2D eigenvalue weighted by atomic mass is 16.5. The number of para-hydroxylation sites is 1. The fourth-order valence-corrected chi connectivity index (χ4v) is 1.66. The van der Waals surface area contributed by atoms with Gasteiger partial charge in [0.15, 0.2) is 0 Å². The van der Waals surface area contributed by atoms with E-state index in [0.717, 1.165) is 23.2 Å². The zero-order valence-corrected chi connectivity index (χ0v) is 9.01. The number of hydrogen-bond acceptors (Lipinski definition) is 2. The largest absolute Gasteiger partial charge is 0.496 e. The third-order valence-electron chi connectivity index (χ3n) is 2.44. The Morgan fingerprint density at radius 3 is 2.62 bits per heavy atom. The molecule has 0 heterocycles. The van der Waals surface area contributed by atoms with E-state index in [1.54, 1.807) is 13.2 Å². The summed E-state index contributed by atoms with van der Waals surface area (Å²) in [6.45, 7) is 0. The van der Waals surface area contributed by atoms with Gasteiger partial charge in [-0.3, -0.25) is 4.79 Å². The molecule has 0 bridgehead atoms. The average Bonchev–Trinajstić information content (AvgIpc) is 2.38. The number of hydrogen-bond donors (Lipinski definition) is 0. The SMILES string of the molecule is COc1ccccc1-c1cccc(C=O)c1. The molecule has 0 N–H and O–H groups in total. The van der Waals surface area contributed by atoms with Gasteiger partial charge >= 0.3 is 0 Å². The maximum absolute atomic E-state index is 10.7. The van der Waals surface area contributed by atoms with Crippen LogP contribution in [0.15, 0.2) is 48.5 Å². The van der Waals surface area contributed by atoms with Crippen molar-refractivity contribution in [2.45, 2.75) is 0 Å². The molecule has 0 radical (unpaired) electrons. The number of benzene rings is 2. The van der Waals surface area contributed by atoms with E-state index in [4.69, 9.17) is 4.74 Å². The summed E-state index contributed by atoms with van der Waals surface area (Å²) in [6.07, 6.45) is 0.846. The van der Waals surface area contributed by atoms with Crippen LogP contribution in [0.5, 0.6) is 5.75 Å². The highest BCUT2D eigenvalue weighted by Crippen LogP contribution is 2.29. The predicted molar refractivity (Wildman–Crippen MR) is 63.8 cm³/mol. The second-order valence-corrected chi connectivity index (χ2v) is 3.44. The summed E-state index contributed by atoms with van der Waals surface area (Å²) >= 11 is 0. The third-order valence-corrected chi connectivity index (χ3v) is 2.44. The monoisotopic (exact) mass is 212 g/mol. The second kappa shape index (κ2) is 4.62. The lowest BCUT2D eigenvalue weighted by Crippen LogP contribution is -1.88. The van der Waals surface area contributed by atoms with Crippen molar-refractivity contribution in [3.63, 3.8) is 0 Å². The average molecular weight is 212 g/mol. The van der Waals surface area contributed by atoms with Gasteiger partial charge in [-0.1, -0.05) is 36.4 Å². The molecule has 0 unspecified atom stereocenters. The van der Waals surface area contributed by atoms with Gasteiger partial charge in [-0.05, 0) is 17.7 Å². The van der Waals surface area contributed by atoms with Crippen molar-refractivity contribution in [3.8, 4) is 16.9 Å². The minimum atomic E-state index is 0.670. The zero-order valence-electron chi connectivity index (χ0n) is 9.01. The Morgan fingerprint density at radius 2 is 1.88 bits per heavy atom. The maximum Gasteiger partial charge on any atom is 0.150 e. The van der Waals surface area contributed by atoms with Gasteiger partial charge in [-0.15, -0.1) is 0 Å². The van der Waals surface area contributed by atoms with Crippen molar-refractivity contribution in [2.24, 2.45) is 0 Å². The van der Waals surface area contributed by atoms with Crippen LogP contribution < -0.4 is 4.74 Å². The highest BCUT2D eigenvalue weighted by Gasteiger charge is 2.04. The van der Waals surface area contributed by atoms with E-state index in [9.17, 15) is 4.79 Å².